The summed E-state index contributed by atoms with van der Waals surface area (Å²) in [5.41, 5.74) is 3.78. The van der Waals surface area contributed by atoms with E-state index in [0.717, 1.165) is 23.2 Å². The summed E-state index contributed by atoms with van der Waals surface area (Å²) in [5.74, 6) is 0.0450. The Hall–Kier alpha value is -1.94. The first kappa shape index (κ1) is 13.1. The SMILES string of the molecule is Cc1ccc(C(=O)N2CCc3nnc(Cl)cc3C2)cc1. The molecule has 1 aliphatic heterocycles. The van der Waals surface area contributed by atoms with Crippen LogP contribution in [0.4, 0.5) is 0 Å². The summed E-state index contributed by atoms with van der Waals surface area (Å²) in [6.45, 7) is 3.21. The summed E-state index contributed by atoms with van der Waals surface area (Å²) in [7, 11) is 0. The molecule has 0 saturated carbocycles. The van der Waals surface area contributed by atoms with Gasteiger partial charge in [-0.05, 0) is 30.7 Å². The third kappa shape index (κ3) is 2.51. The van der Waals surface area contributed by atoms with Gasteiger partial charge in [-0.2, -0.15) is 5.10 Å². The van der Waals surface area contributed by atoms with Crippen LogP contribution in [0.2, 0.25) is 5.15 Å². The van der Waals surface area contributed by atoms with E-state index >= 15 is 0 Å². The minimum Gasteiger partial charge on any atom is -0.334 e. The molecule has 1 aromatic heterocycles. The van der Waals surface area contributed by atoms with Crippen LogP contribution in [-0.4, -0.2) is 27.5 Å². The number of halogens is 1. The van der Waals surface area contributed by atoms with Crippen LogP contribution in [0.3, 0.4) is 0 Å². The predicted octanol–water partition coefficient (Wildman–Crippen LogP) is 2.64. The Labute approximate surface area is 122 Å². The van der Waals surface area contributed by atoms with E-state index in [9.17, 15) is 4.79 Å². The van der Waals surface area contributed by atoms with Crippen molar-refractivity contribution in [2.45, 2.75) is 19.9 Å². The largest absolute Gasteiger partial charge is 0.334 e. The Morgan fingerprint density at radius 2 is 2.00 bits per heavy atom. The van der Waals surface area contributed by atoms with Crippen molar-refractivity contribution in [3.05, 3.63) is 57.9 Å². The summed E-state index contributed by atoms with van der Waals surface area (Å²) in [5, 5.41) is 8.29. The van der Waals surface area contributed by atoms with Crippen molar-refractivity contribution in [3.63, 3.8) is 0 Å². The molecular formula is C15H14ClN3O. The number of aromatic nitrogens is 2. The molecule has 0 aliphatic carbocycles. The lowest BCUT2D eigenvalue weighted by atomic mass is 10.0. The number of nitrogens with zero attached hydrogens (tertiary/aromatic N) is 3. The molecular weight excluding hydrogens is 274 g/mol. The molecule has 3 rings (SSSR count). The van der Waals surface area contributed by atoms with Gasteiger partial charge in [-0.25, -0.2) is 0 Å². The van der Waals surface area contributed by atoms with Gasteiger partial charge in [0.2, 0.25) is 0 Å². The van der Waals surface area contributed by atoms with E-state index in [1.807, 2.05) is 36.1 Å². The number of hydrogen-bond acceptors (Lipinski definition) is 3. The molecule has 1 amide bonds. The first-order valence-electron chi connectivity index (χ1n) is 6.50. The molecule has 2 heterocycles. The van der Waals surface area contributed by atoms with Crippen molar-refractivity contribution in [2.24, 2.45) is 0 Å². The van der Waals surface area contributed by atoms with Crippen molar-refractivity contribution < 1.29 is 4.79 Å². The third-order valence-electron chi connectivity index (χ3n) is 3.50. The highest BCUT2D eigenvalue weighted by molar-refractivity contribution is 6.29. The maximum absolute atomic E-state index is 12.5. The van der Waals surface area contributed by atoms with Crippen LogP contribution in [-0.2, 0) is 13.0 Å². The Morgan fingerprint density at radius 3 is 2.75 bits per heavy atom. The van der Waals surface area contributed by atoms with Gasteiger partial charge in [-0.15, -0.1) is 5.10 Å². The average molecular weight is 288 g/mol. The van der Waals surface area contributed by atoms with E-state index < -0.39 is 0 Å². The molecule has 0 saturated heterocycles. The summed E-state index contributed by atoms with van der Waals surface area (Å²) >= 11 is 5.86. The fourth-order valence-electron chi connectivity index (χ4n) is 2.35. The Balaban J connectivity index is 1.82. The van der Waals surface area contributed by atoms with Gasteiger partial charge in [0.15, 0.2) is 5.15 Å². The molecule has 102 valence electrons. The van der Waals surface area contributed by atoms with E-state index in [2.05, 4.69) is 10.2 Å². The van der Waals surface area contributed by atoms with E-state index in [1.165, 1.54) is 0 Å². The van der Waals surface area contributed by atoms with Crippen molar-refractivity contribution in [3.8, 4) is 0 Å². The third-order valence-corrected chi connectivity index (χ3v) is 3.68. The molecule has 0 bridgehead atoms. The second-order valence-electron chi connectivity index (χ2n) is 4.98. The number of fused-ring (bicyclic) bond motifs is 1. The summed E-state index contributed by atoms with van der Waals surface area (Å²) in [6.07, 6.45) is 0.719. The van der Waals surface area contributed by atoms with E-state index in [1.54, 1.807) is 6.07 Å². The monoisotopic (exact) mass is 287 g/mol. The maximum Gasteiger partial charge on any atom is 0.254 e. The zero-order valence-corrected chi connectivity index (χ0v) is 11.9. The van der Waals surface area contributed by atoms with E-state index in [-0.39, 0.29) is 5.91 Å². The number of carbonyl (C=O) groups excluding carboxylic acids is 1. The van der Waals surface area contributed by atoms with Crippen LogP contribution in [0.5, 0.6) is 0 Å². The molecule has 0 unspecified atom stereocenters. The van der Waals surface area contributed by atoms with Crippen molar-refractivity contribution in [1.82, 2.24) is 15.1 Å². The molecule has 0 radical (unpaired) electrons. The van der Waals surface area contributed by atoms with Crippen molar-refractivity contribution >= 4 is 17.5 Å². The quantitative estimate of drug-likeness (QED) is 0.810. The number of rotatable bonds is 1. The van der Waals surface area contributed by atoms with E-state index in [0.29, 0.717) is 23.8 Å². The highest BCUT2D eigenvalue weighted by Gasteiger charge is 2.23. The highest BCUT2D eigenvalue weighted by Crippen LogP contribution is 2.20. The smallest absolute Gasteiger partial charge is 0.254 e. The first-order chi connectivity index (χ1) is 9.63. The zero-order chi connectivity index (χ0) is 14.1. The molecule has 1 aromatic carbocycles. The number of amides is 1. The summed E-state index contributed by atoms with van der Waals surface area (Å²) in [6, 6.07) is 9.43. The standard InChI is InChI=1S/C15H14ClN3O/c1-10-2-4-11(5-3-10)15(20)19-7-6-13-12(9-19)8-14(16)18-17-13/h2-5,8H,6-7,9H2,1H3. The lowest BCUT2D eigenvalue weighted by Gasteiger charge is -2.28. The zero-order valence-electron chi connectivity index (χ0n) is 11.1. The molecule has 5 heteroatoms. The molecule has 0 N–H and O–H groups in total. The Morgan fingerprint density at radius 1 is 1.25 bits per heavy atom. The highest BCUT2D eigenvalue weighted by atomic mass is 35.5. The fraction of sp³-hybridized carbons (Fsp3) is 0.267. The molecule has 4 nitrogen and oxygen atoms in total. The lowest BCUT2D eigenvalue weighted by molar-refractivity contribution is 0.0733. The van der Waals surface area contributed by atoms with Crippen molar-refractivity contribution in [1.29, 1.82) is 0 Å². The van der Waals surface area contributed by atoms with Crippen LogP contribution in [0.15, 0.2) is 30.3 Å². The molecule has 0 spiro atoms. The normalized spacial score (nSPS) is 14.0. The lowest BCUT2D eigenvalue weighted by Crippen LogP contribution is -2.36. The summed E-state index contributed by atoms with van der Waals surface area (Å²) in [4.78, 5) is 14.3. The molecule has 2 aromatic rings. The second kappa shape index (κ2) is 5.21. The number of aryl methyl sites for hydroxylation is 1. The maximum atomic E-state index is 12.5. The van der Waals surface area contributed by atoms with Gasteiger partial charge in [0.05, 0.1) is 5.69 Å². The van der Waals surface area contributed by atoms with Gasteiger partial charge < -0.3 is 4.90 Å². The van der Waals surface area contributed by atoms with Gasteiger partial charge in [0.25, 0.3) is 5.91 Å². The van der Waals surface area contributed by atoms with Gasteiger partial charge >= 0.3 is 0 Å². The minimum atomic E-state index is 0.0450. The fourth-order valence-corrected chi connectivity index (χ4v) is 2.52. The van der Waals surface area contributed by atoms with Crippen LogP contribution in [0, 0.1) is 6.92 Å². The Kier molecular flexibility index (Phi) is 3.40. The van der Waals surface area contributed by atoms with Crippen LogP contribution in [0.1, 0.15) is 27.2 Å². The molecule has 0 atom stereocenters. The number of hydrogen-bond donors (Lipinski definition) is 0. The van der Waals surface area contributed by atoms with Gasteiger partial charge in [0.1, 0.15) is 0 Å². The second-order valence-corrected chi connectivity index (χ2v) is 5.37. The van der Waals surface area contributed by atoms with Gasteiger partial charge in [0, 0.05) is 25.1 Å². The van der Waals surface area contributed by atoms with Crippen LogP contribution >= 0.6 is 11.6 Å². The van der Waals surface area contributed by atoms with E-state index in [4.69, 9.17) is 11.6 Å². The van der Waals surface area contributed by atoms with Crippen LogP contribution < -0.4 is 0 Å². The van der Waals surface area contributed by atoms with Gasteiger partial charge in [-0.3, -0.25) is 4.79 Å². The topological polar surface area (TPSA) is 46.1 Å². The predicted molar refractivity (Wildman–Crippen MR) is 76.7 cm³/mol. The summed E-state index contributed by atoms with van der Waals surface area (Å²) < 4.78 is 0. The molecule has 20 heavy (non-hydrogen) atoms. The number of benzene rings is 1. The minimum absolute atomic E-state index is 0.0450. The average Bonchev–Trinajstić information content (AvgIpc) is 2.46. The number of carbonyl (C=O) groups is 1. The first-order valence-corrected chi connectivity index (χ1v) is 6.88. The van der Waals surface area contributed by atoms with Crippen molar-refractivity contribution in [2.75, 3.05) is 6.54 Å². The van der Waals surface area contributed by atoms with Crippen LogP contribution in [0.25, 0.3) is 0 Å². The van der Waals surface area contributed by atoms with Gasteiger partial charge in [-0.1, -0.05) is 29.3 Å². The molecule has 1 aliphatic rings. The Bertz CT molecular complexity index is 655. The molecule has 0 fully saturated rings.